The molecule has 5 nitrogen and oxygen atoms in total. The molecule has 1 aliphatic heterocycles. The first-order valence-corrected chi connectivity index (χ1v) is 6.21. The van der Waals surface area contributed by atoms with Crippen LogP contribution in [-0.2, 0) is 11.3 Å². The minimum Gasteiger partial charge on any atom is -0.465 e. The van der Waals surface area contributed by atoms with Crippen molar-refractivity contribution in [3.05, 3.63) is 26.7 Å². The molecule has 0 bridgehead atoms. The van der Waals surface area contributed by atoms with E-state index in [1.165, 1.54) is 0 Å². The van der Waals surface area contributed by atoms with Crippen LogP contribution in [0.3, 0.4) is 0 Å². The van der Waals surface area contributed by atoms with Crippen LogP contribution in [0.25, 0.3) is 0 Å². The number of fused-ring (bicyclic) bond motifs is 1. The maximum Gasteiger partial charge on any atom is 0.409 e. The highest BCUT2D eigenvalue weighted by atomic mass is 79.9. The number of benzene rings is 1. The van der Waals surface area contributed by atoms with Gasteiger partial charge in [0.2, 0.25) is 0 Å². The molecule has 2 rings (SSSR count). The lowest BCUT2D eigenvalue weighted by atomic mass is 10.0. The molecule has 0 radical (unpaired) electrons. The van der Waals surface area contributed by atoms with Gasteiger partial charge in [0.1, 0.15) is 0 Å². The number of nitriles is 1. The maximum atomic E-state index is 10.7. The lowest BCUT2D eigenvalue weighted by Gasteiger charge is -2.12. The van der Waals surface area contributed by atoms with E-state index in [0.717, 1.165) is 11.1 Å². The zero-order valence-electron chi connectivity index (χ0n) is 9.04. The highest BCUT2D eigenvalue weighted by Gasteiger charge is 2.28. The van der Waals surface area contributed by atoms with Crippen LogP contribution in [0, 0.1) is 11.3 Å². The number of carbonyl (C=O) groups is 1. The molecule has 0 spiro atoms. The van der Waals surface area contributed by atoms with Crippen molar-refractivity contribution in [3.63, 3.8) is 0 Å². The Morgan fingerprint density at radius 3 is 3.11 bits per heavy atom. The molecule has 1 amide bonds. The predicted molar refractivity (Wildman–Crippen MR) is 68.6 cm³/mol. The van der Waals surface area contributed by atoms with E-state index in [1.807, 2.05) is 6.07 Å². The third-order valence-electron chi connectivity index (χ3n) is 2.64. The molecule has 1 unspecified atom stereocenters. The van der Waals surface area contributed by atoms with Gasteiger partial charge in [-0.2, -0.15) is 5.26 Å². The third-order valence-corrected chi connectivity index (χ3v) is 4.13. The molecule has 0 aromatic heterocycles. The van der Waals surface area contributed by atoms with E-state index >= 15 is 0 Å². The quantitative estimate of drug-likeness (QED) is 0.866. The Kier molecular flexibility index (Phi) is 3.76. The number of carboxylic acid groups (broad SMARTS) is 1. The Hall–Kier alpha value is -1.29. The number of hydrogen-bond donors (Lipinski definition) is 2. The maximum absolute atomic E-state index is 10.7. The summed E-state index contributed by atoms with van der Waals surface area (Å²) >= 11 is 9.38. The topological polar surface area (TPSA) is 82.3 Å². The number of ether oxygens (including phenoxy) is 1. The number of rotatable bonds is 2. The van der Waals surface area contributed by atoms with Crippen molar-refractivity contribution in [2.45, 2.75) is 19.1 Å². The summed E-state index contributed by atoms with van der Waals surface area (Å²) in [6.07, 6.45) is -1.32. The molecule has 2 N–H and O–H groups in total. The summed E-state index contributed by atoms with van der Waals surface area (Å²) < 4.78 is 6.08. The molecule has 0 saturated carbocycles. The van der Waals surface area contributed by atoms with E-state index in [2.05, 4.69) is 21.2 Å². The molecule has 1 atom stereocenters. The van der Waals surface area contributed by atoms with Crippen molar-refractivity contribution in [2.75, 3.05) is 5.32 Å². The van der Waals surface area contributed by atoms with Crippen LogP contribution in [0.1, 0.15) is 23.7 Å². The van der Waals surface area contributed by atoms with Gasteiger partial charge in [-0.05, 0) is 33.1 Å². The number of hydrogen-bond acceptors (Lipinski definition) is 3. The van der Waals surface area contributed by atoms with Gasteiger partial charge >= 0.3 is 6.09 Å². The van der Waals surface area contributed by atoms with Crippen molar-refractivity contribution in [1.29, 1.82) is 5.26 Å². The van der Waals surface area contributed by atoms with Gasteiger partial charge in [-0.1, -0.05) is 11.6 Å². The Labute approximate surface area is 116 Å². The number of amides is 1. The van der Waals surface area contributed by atoms with E-state index in [4.69, 9.17) is 26.7 Å². The van der Waals surface area contributed by atoms with Gasteiger partial charge in [-0.15, -0.1) is 0 Å². The lowest BCUT2D eigenvalue weighted by Crippen LogP contribution is -2.09. The molecular weight excluding hydrogens is 323 g/mol. The summed E-state index contributed by atoms with van der Waals surface area (Å²) in [6.45, 7) is 0.356. The number of nitrogens with one attached hydrogen (secondary N) is 1. The van der Waals surface area contributed by atoms with Crippen molar-refractivity contribution in [3.8, 4) is 6.07 Å². The molecule has 94 valence electrons. The Balaban J connectivity index is 2.48. The molecule has 7 heteroatoms. The smallest absolute Gasteiger partial charge is 0.409 e. The average Bonchev–Trinajstić information content (AvgIpc) is 2.69. The Bertz CT molecular complexity index is 556. The first-order chi connectivity index (χ1) is 8.54. The van der Waals surface area contributed by atoms with Gasteiger partial charge in [0.05, 0.1) is 35.9 Å². The predicted octanol–water partition coefficient (Wildman–Crippen LogP) is 3.68. The van der Waals surface area contributed by atoms with Crippen LogP contribution in [0.15, 0.2) is 10.5 Å². The first kappa shape index (κ1) is 13.1. The van der Waals surface area contributed by atoms with Gasteiger partial charge in [-0.25, -0.2) is 4.79 Å². The second kappa shape index (κ2) is 5.14. The number of nitrogens with zero attached hydrogens (tertiary/aromatic N) is 1. The number of halogens is 2. The highest BCUT2D eigenvalue weighted by Crippen LogP contribution is 2.43. The van der Waals surface area contributed by atoms with E-state index in [9.17, 15) is 4.79 Å². The summed E-state index contributed by atoms with van der Waals surface area (Å²) in [7, 11) is 0. The zero-order valence-corrected chi connectivity index (χ0v) is 11.4. The van der Waals surface area contributed by atoms with Crippen LogP contribution in [0.4, 0.5) is 10.5 Å². The van der Waals surface area contributed by atoms with Gasteiger partial charge in [0.25, 0.3) is 0 Å². The van der Waals surface area contributed by atoms with Crippen LogP contribution in [0.5, 0.6) is 0 Å². The van der Waals surface area contributed by atoms with Crippen molar-refractivity contribution in [2.24, 2.45) is 0 Å². The second-order valence-electron chi connectivity index (χ2n) is 3.71. The van der Waals surface area contributed by atoms with Gasteiger partial charge in [0, 0.05) is 4.47 Å². The van der Waals surface area contributed by atoms with Crippen molar-refractivity contribution < 1.29 is 14.6 Å². The van der Waals surface area contributed by atoms with Gasteiger partial charge < -0.3 is 9.84 Å². The van der Waals surface area contributed by atoms with Crippen LogP contribution >= 0.6 is 27.5 Å². The minimum absolute atomic E-state index is 0.216. The largest absolute Gasteiger partial charge is 0.465 e. The lowest BCUT2D eigenvalue weighted by molar-refractivity contribution is 0.0694. The van der Waals surface area contributed by atoms with Crippen molar-refractivity contribution >= 4 is 39.3 Å². The molecule has 0 saturated heterocycles. The SMILES string of the molecule is N#CCC1OCc2c1cc(NC(=O)O)c(Cl)c2Br. The molecule has 18 heavy (non-hydrogen) atoms. The highest BCUT2D eigenvalue weighted by molar-refractivity contribution is 9.10. The van der Waals surface area contributed by atoms with E-state index in [-0.39, 0.29) is 23.2 Å². The Morgan fingerprint density at radius 2 is 2.50 bits per heavy atom. The van der Waals surface area contributed by atoms with Gasteiger partial charge in [-0.3, -0.25) is 5.32 Å². The molecule has 1 aliphatic rings. The standard InChI is InChI=1S/C11H8BrClN2O3/c12-9-6-4-18-8(1-2-14)5(6)3-7(10(9)13)15-11(16)17/h3,8,15H,1,4H2,(H,16,17). The second-order valence-corrected chi connectivity index (χ2v) is 4.88. The van der Waals surface area contributed by atoms with E-state index < -0.39 is 6.09 Å². The normalized spacial score (nSPS) is 17.1. The zero-order chi connectivity index (χ0) is 13.3. The molecule has 1 aromatic carbocycles. The Morgan fingerprint density at radius 1 is 1.78 bits per heavy atom. The molecule has 1 heterocycles. The monoisotopic (exact) mass is 330 g/mol. The number of anilines is 1. The fourth-order valence-electron chi connectivity index (χ4n) is 1.85. The third kappa shape index (κ3) is 2.29. The molecular formula is C11H8BrClN2O3. The average molecular weight is 332 g/mol. The molecule has 1 aromatic rings. The summed E-state index contributed by atoms with van der Waals surface area (Å²) in [6, 6.07) is 3.65. The summed E-state index contributed by atoms with van der Waals surface area (Å²) in [5, 5.41) is 20.0. The van der Waals surface area contributed by atoms with Crippen LogP contribution < -0.4 is 5.32 Å². The fraction of sp³-hybridized carbons (Fsp3) is 0.273. The molecule has 0 aliphatic carbocycles. The fourth-order valence-corrected chi connectivity index (χ4v) is 2.62. The summed E-state index contributed by atoms with van der Waals surface area (Å²) in [5.74, 6) is 0. The minimum atomic E-state index is -1.19. The van der Waals surface area contributed by atoms with E-state index in [0.29, 0.717) is 11.1 Å². The summed E-state index contributed by atoms with van der Waals surface area (Å²) in [5.41, 5.74) is 1.93. The van der Waals surface area contributed by atoms with E-state index in [1.54, 1.807) is 6.07 Å². The van der Waals surface area contributed by atoms with Crippen LogP contribution in [-0.4, -0.2) is 11.2 Å². The van der Waals surface area contributed by atoms with Crippen molar-refractivity contribution in [1.82, 2.24) is 0 Å². The van der Waals surface area contributed by atoms with Crippen LogP contribution in [0.2, 0.25) is 5.02 Å². The first-order valence-electron chi connectivity index (χ1n) is 5.04. The summed E-state index contributed by atoms with van der Waals surface area (Å²) in [4.78, 5) is 10.7. The van der Waals surface area contributed by atoms with Gasteiger partial charge in [0.15, 0.2) is 0 Å². The molecule has 0 fully saturated rings.